The maximum absolute atomic E-state index is 12.1. The molecule has 8 heteroatoms. The quantitative estimate of drug-likeness (QED) is 0.599. The van der Waals surface area contributed by atoms with Crippen LogP contribution in [-0.4, -0.2) is 21.6 Å². The fraction of sp³-hybridized carbons (Fsp3) is 0.0625. The molecule has 2 aromatic heterocycles. The van der Waals surface area contributed by atoms with Crippen LogP contribution in [0.2, 0.25) is 10.0 Å². The lowest BCUT2D eigenvalue weighted by Gasteiger charge is -2.04. The van der Waals surface area contributed by atoms with E-state index < -0.39 is 0 Å². The van der Waals surface area contributed by atoms with Crippen molar-refractivity contribution in [2.24, 2.45) is 0 Å². The molecule has 0 aliphatic carbocycles. The molecule has 122 valence electrons. The number of pyridine rings is 1. The average molecular weight is 396 g/mol. The Balaban J connectivity index is 1.59. The van der Waals surface area contributed by atoms with Crippen LogP contribution < -0.4 is 5.32 Å². The van der Waals surface area contributed by atoms with E-state index in [4.69, 9.17) is 23.2 Å². The summed E-state index contributed by atoms with van der Waals surface area (Å²) in [6.07, 6.45) is 3.44. The van der Waals surface area contributed by atoms with Crippen molar-refractivity contribution < 1.29 is 4.79 Å². The number of halogens is 2. The highest BCUT2D eigenvalue weighted by molar-refractivity contribution is 8.00. The summed E-state index contributed by atoms with van der Waals surface area (Å²) in [5, 5.41) is 6.38. The summed E-state index contributed by atoms with van der Waals surface area (Å²) in [5.41, 5.74) is 1.70. The predicted molar refractivity (Wildman–Crippen MR) is 101 cm³/mol. The lowest BCUT2D eigenvalue weighted by Crippen LogP contribution is -2.13. The Hall–Kier alpha value is -1.60. The maximum Gasteiger partial charge on any atom is 0.236 e. The van der Waals surface area contributed by atoms with E-state index in [2.05, 4.69) is 15.3 Å². The number of benzene rings is 1. The molecule has 0 saturated heterocycles. The predicted octanol–water partition coefficient (Wildman–Crippen LogP) is 5.24. The van der Waals surface area contributed by atoms with Gasteiger partial charge in [-0.05, 0) is 30.3 Å². The second kappa shape index (κ2) is 7.98. The van der Waals surface area contributed by atoms with Crippen LogP contribution in [-0.2, 0) is 4.79 Å². The first kappa shape index (κ1) is 17.2. The Bertz CT molecular complexity index is 856. The summed E-state index contributed by atoms with van der Waals surface area (Å²) in [6.45, 7) is 0. The van der Waals surface area contributed by atoms with Crippen molar-refractivity contribution in [1.29, 1.82) is 0 Å². The number of amides is 1. The van der Waals surface area contributed by atoms with Crippen LogP contribution in [0, 0.1) is 0 Å². The highest BCUT2D eigenvalue weighted by Crippen LogP contribution is 2.30. The van der Waals surface area contributed by atoms with Crippen molar-refractivity contribution in [1.82, 2.24) is 9.97 Å². The molecular weight excluding hydrogens is 385 g/mol. The van der Waals surface area contributed by atoms with Gasteiger partial charge in [0.15, 0.2) is 5.13 Å². The van der Waals surface area contributed by atoms with E-state index in [1.165, 1.54) is 23.1 Å². The normalized spacial score (nSPS) is 10.6. The van der Waals surface area contributed by atoms with E-state index in [1.54, 1.807) is 30.6 Å². The zero-order chi connectivity index (χ0) is 16.9. The fourth-order valence-electron chi connectivity index (χ4n) is 1.86. The van der Waals surface area contributed by atoms with Crippen LogP contribution in [0.15, 0.2) is 53.0 Å². The third-order valence-corrected chi connectivity index (χ3v) is 5.45. The SMILES string of the molecule is O=C(CSc1cc(Cl)ccc1Cl)Nc1nc(-c2cccnc2)cs1. The first-order valence-electron chi connectivity index (χ1n) is 6.85. The molecule has 0 radical (unpaired) electrons. The minimum absolute atomic E-state index is 0.150. The second-order valence-corrected chi connectivity index (χ2v) is 7.41. The number of rotatable bonds is 5. The Labute approximate surface area is 157 Å². The molecule has 4 nitrogen and oxygen atoms in total. The minimum Gasteiger partial charge on any atom is -0.301 e. The maximum atomic E-state index is 12.1. The summed E-state index contributed by atoms with van der Waals surface area (Å²) in [6, 6.07) is 8.93. The standard InChI is InChI=1S/C16H11Cl2N3OS2/c17-11-3-4-12(18)14(6-11)23-9-15(22)21-16-20-13(8-24-16)10-2-1-5-19-7-10/h1-8H,9H2,(H,20,21,22). The van der Waals surface area contributed by atoms with Gasteiger partial charge in [0.2, 0.25) is 5.91 Å². The van der Waals surface area contributed by atoms with Gasteiger partial charge in [-0.15, -0.1) is 23.1 Å². The molecule has 0 aliphatic rings. The van der Waals surface area contributed by atoms with Crippen molar-refractivity contribution in [3.63, 3.8) is 0 Å². The summed E-state index contributed by atoms with van der Waals surface area (Å²) in [7, 11) is 0. The summed E-state index contributed by atoms with van der Waals surface area (Å²) >= 11 is 14.7. The summed E-state index contributed by atoms with van der Waals surface area (Å²) in [4.78, 5) is 21.3. The number of anilines is 1. The van der Waals surface area contributed by atoms with Gasteiger partial charge >= 0.3 is 0 Å². The molecule has 2 heterocycles. The zero-order valence-electron chi connectivity index (χ0n) is 12.2. The monoisotopic (exact) mass is 395 g/mol. The van der Waals surface area contributed by atoms with Gasteiger partial charge in [0, 0.05) is 33.3 Å². The topological polar surface area (TPSA) is 54.9 Å². The molecule has 0 spiro atoms. The van der Waals surface area contributed by atoms with Crippen LogP contribution in [0.4, 0.5) is 5.13 Å². The van der Waals surface area contributed by atoms with Gasteiger partial charge in [-0.25, -0.2) is 4.98 Å². The number of aromatic nitrogens is 2. The van der Waals surface area contributed by atoms with Crippen molar-refractivity contribution in [3.05, 3.63) is 58.2 Å². The molecule has 1 aromatic carbocycles. The van der Waals surface area contributed by atoms with E-state index in [-0.39, 0.29) is 11.7 Å². The number of thioether (sulfide) groups is 1. The van der Waals surface area contributed by atoms with E-state index in [9.17, 15) is 4.79 Å². The lowest BCUT2D eigenvalue weighted by molar-refractivity contribution is -0.113. The molecule has 0 saturated carbocycles. The Morgan fingerprint density at radius 2 is 2.17 bits per heavy atom. The van der Waals surface area contributed by atoms with Crippen molar-refractivity contribution in [2.45, 2.75) is 4.90 Å². The highest BCUT2D eigenvalue weighted by Gasteiger charge is 2.10. The third kappa shape index (κ3) is 4.48. The number of nitrogens with one attached hydrogen (secondary N) is 1. The zero-order valence-corrected chi connectivity index (χ0v) is 15.3. The number of carbonyl (C=O) groups is 1. The molecule has 1 N–H and O–H groups in total. The third-order valence-electron chi connectivity index (χ3n) is 2.96. The summed E-state index contributed by atoms with van der Waals surface area (Å²) in [5.74, 6) is 0.0742. The van der Waals surface area contributed by atoms with Crippen molar-refractivity contribution in [3.8, 4) is 11.3 Å². The Kier molecular flexibility index (Phi) is 5.73. The molecule has 24 heavy (non-hydrogen) atoms. The van der Waals surface area contributed by atoms with Gasteiger partial charge in [0.25, 0.3) is 0 Å². The molecule has 0 aliphatic heterocycles. The van der Waals surface area contributed by atoms with Crippen LogP contribution in [0.25, 0.3) is 11.3 Å². The van der Waals surface area contributed by atoms with E-state index >= 15 is 0 Å². The first-order chi connectivity index (χ1) is 11.6. The van der Waals surface area contributed by atoms with E-state index in [0.29, 0.717) is 15.2 Å². The van der Waals surface area contributed by atoms with Gasteiger partial charge < -0.3 is 5.32 Å². The minimum atomic E-state index is -0.150. The number of thiazole rings is 1. The van der Waals surface area contributed by atoms with E-state index in [1.807, 2.05) is 17.5 Å². The van der Waals surface area contributed by atoms with Crippen LogP contribution in [0.5, 0.6) is 0 Å². The van der Waals surface area contributed by atoms with Crippen molar-refractivity contribution >= 4 is 57.3 Å². The van der Waals surface area contributed by atoms with Gasteiger partial charge in [-0.3, -0.25) is 9.78 Å². The molecule has 0 unspecified atom stereocenters. The smallest absolute Gasteiger partial charge is 0.236 e. The van der Waals surface area contributed by atoms with Gasteiger partial charge in [0.1, 0.15) is 0 Å². The molecule has 0 atom stereocenters. The molecule has 0 fully saturated rings. The Morgan fingerprint density at radius 1 is 1.29 bits per heavy atom. The number of hydrogen-bond donors (Lipinski definition) is 1. The molecule has 0 bridgehead atoms. The lowest BCUT2D eigenvalue weighted by atomic mass is 10.2. The molecule has 3 rings (SSSR count). The Morgan fingerprint density at radius 3 is 2.96 bits per heavy atom. The second-order valence-electron chi connectivity index (χ2n) is 4.69. The van der Waals surface area contributed by atoms with Gasteiger partial charge in [-0.1, -0.05) is 23.2 Å². The molecule has 1 amide bonds. The summed E-state index contributed by atoms with van der Waals surface area (Å²) < 4.78 is 0. The number of nitrogens with zero attached hydrogens (tertiary/aromatic N) is 2. The van der Waals surface area contributed by atoms with Crippen molar-refractivity contribution in [2.75, 3.05) is 11.1 Å². The van der Waals surface area contributed by atoms with Crippen LogP contribution >= 0.6 is 46.3 Å². The van der Waals surface area contributed by atoms with Gasteiger partial charge in [0.05, 0.1) is 16.5 Å². The highest BCUT2D eigenvalue weighted by atomic mass is 35.5. The number of carbonyl (C=O) groups excluding carboxylic acids is 1. The van der Waals surface area contributed by atoms with Crippen LogP contribution in [0.3, 0.4) is 0 Å². The number of hydrogen-bond acceptors (Lipinski definition) is 5. The fourth-order valence-corrected chi connectivity index (χ4v) is 3.89. The first-order valence-corrected chi connectivity index (χ1v) is 9.47. The largest absolute Gasteiger partial charge is 0.301 e. The molecule has 3 aromatic rings. The van der Waals surface area contributed by atoms with E-state index in [0.717, 1.165) is 16.2 Å². The average Bonchev–Trinajstić information content (AvgIpc) is 3.05. The van der Waals surface area contributed by atoms with Gasteiger partial charge in [-0.2, -0.15) is 0 Å². The molecular formula is C16H11Cl2N3OS2. The van der Waals surface area contributed by atoms with Crippen LogP contribution in [0.1, 0.15) is 0 Å².